The Morgan fingerprint density at radius 2 is 1.91 bits per heavy atom. The van der Waals surface area contributed by atoms with Crippen molar-refractivity contribution in [1.29, 1.82) is 0 Å². The van der Waals surface area contributed by atoms with Gasteiger partial charge in [0.05, 0.1) is 12.2 Å². The van der Waals surface area contributed by atoms with E-state index in [1.54, 1.807) is 42.5 Å². The molecule has 5 nitrogen and oxygen atoms in total. The van der Waals surface area contributed by atoms with Gasteiger partial charge in [-0.05, 0) is 54.1 Å². The van der Waals surface area contributed by atoms with Crippen LogP contribution in [0, 0.1) is 11.6 Å². The van der Waals surface area contributed by atoms with Crippen LogP contribution in [-0.4, -0.2) is 18.4 Å². The summed E-state index contributed by atoms with van der Waals surface area (Å²) < 4.78 is 32.7. The van der Waals surface area contributed by atoms with Crippen molar-refractivity contribution in [2.24, 2.45) is 0 Å². The molecule has 0 atom stereocenters. The monoisotopic (exact) mass is 454 g/mol. The van der Waals surface area contributed by atoms with E-state index >= 15 is 0 Å². The highest BCUT2D eigenvalue weighted by Gasteiger charge is 2.27. The van der Waals surface area contributed by atoms with Crippen molar-refractivity contribution in [3.63, 3.8) is 0 Å². The number of amides is 2. The summed E-state index contributed by atoms with van der Waals surface area (Å²) in [7, 11) is 0. The Morgan fingerprint density at radius 1 is 1.12 bits per heavy atom. The molecule has 0 spiro atoms. The summed E-state index contributed by atoms with van der Waals surface area (Å²) in [6.45, 7) is -0.270. The lowest BCUT2D eigenvalue weighted by Crippen LogP contribution is -2.38. The fourth-order valence-electron chi connectivity index (χ4n) is 3.22. The van der Waals surface area contributed by atoms with E-state index in [4.69, 9.17) is 16.3 Å². The molecule has 0 fully saturated rings. The lowest BCUT2D eigenvalue weighted by molar-refractivity contribution is -0.121. The largest absolute Gasteiger partial charge is 0.482 e. The standard InChI is InChI=1S/C24H17ClF2N2O3/c25-19-2-1-3-20(27)18(19)13-29-21-12-17(9-10-22(21)32-14-24(29)31)28-23(30)11-6-15-4-7-16(26)8-5-15/h1-12H,13-14H2,(H,28,30)/b11-6+. The highest BCUT2D eigenvalue weighted by Crippen LogP contribution is 2.36. The van der Waals surface area contributed by atoms with E-state index < -0.39 is 11.7 Å². The predicted octanol–water partition coefficient (Wildman–Crippen LogP) is 5.20. The van der Waals surface area contributed by atoms with Crippen LogP contribution in [0.4, 0.5) is 20.2 Å². The summed E-state index contributed by atoms with van der Waals surface area (Å²) in [6.07, 6.45) is 2.86. The molecule has 0 aromatic heterocycles. The minimum Gasteiger partial charge on any atom is -0.482 e. The molecule has 1 aliphatic rings. The molecule has 0 unspecified atom stereocenters. The maximum Gasteiger partial charge on any atom is 0.265 e. The SMILES string of the molecule is O=C(/C=C/c1ccc(F)cc1)Nc1ccc2c(c1)N(Cc1c(F)cccc1Cl)C(=O)CO2. The van der Waals surface area contributed by atoms with Gasteiger partial charge in [-0.2, -0.15) is 0 Å². The van der Waals surface area contributed by atoms with Gasteiger partial charge in [0.15, 0.2) is 6.61 Å². The molecular weight excluding hydrogens is 438 g/mol. The molecule has 1 N–H and O–H groups in total. The highest BCUT2D eigenvalue weighted by molar-refractivity contribution is 6.31. The Kier molecular flexibility index (Phi) is 6.18. The van der Waals surface area contributed by atoms with Crippen molar-refractivity contribution >= 4 is 40.9 Å². The van der Waals surface area contributed by atoms with Crippen molar-refractivity contribution in [3.05, 3.63) is 94.5 Å². The highest BCUT2D eigenvalue weighted by atomic mass is 35.5. The Hall–Kier alpha value is -3.71. The molecule has 2 amide bonds. The molecule has 0 saturated heterocycles. The van der Waals surface area contributed by atoms with Gasteiger partial charge in [0.1, 0.15) is 17.4 Å². The van der Waals surface area contributed by atoms with Crippen LogP contribution in [-0.2, 0) is 16.1 Å². The zero-order valence-electron chi connectivity index (χ0n) is 16.6. The fourth-order valence-corrected chi connectivity index (χ4v) is 3.45. The molecule has 0 saturated carbocycles. The number of hydrogen-bond donors (Lipinski definition) is 1. The minimum absolute atomic E-state index is 0.0808. The molecule has 0 bridgehead atoms. The first-order valence-electron chi connectivity index (χ1n) is 9.65. The van der Waals surface area contributed by atoms with E-state index in [1.807, 2.05) is 0 Å². The number of halogens is 3. The first-order valence-corrected chi connectivity index (χ1v) is 10.0. The number of rotatable bonds is 5. The van der Waals surface area contributed by atoms with Crippen LogP contribution in [0.5, 0.6) is 5.75 Å². The smallest absolute Gasteiger partial charge is 0.265 e. The van der Waals surface area contributed by atoms with Gasteiger partial charge >= 0.3 is 0 Å². The van der Waals surface area contributed by atoms with Crippen molar-refractivity contribution in [2.75, 3.05) is 16.8 Å². The zero-order chi connectivity index (χ0) is 22.7. The van der Waals surface area contributed by atoms with Gasteiger partial charge in [0.2, 0.25) is 5.91 Å². The average molecular weight is 455 g/mol. The lowest BCUT2D eigenvalue weighted by atomic mass is 10.1. The topological polar surface area (TPSA) is 58.6 Å². The van der Waals surface area contributed by atoms with E-state index in [0.717, 1.165) is 0 Å². The Bertz CT molecular complexity index is 1190. The number of anilines is 2. The van der Waals surface area contributed by atoms with Crippen molar-refractivity contribution in [2.45, 2.75) is 6.54 Å². The number of hydrogen-bond acceptors (Lipinski definition) is 3. The molecular formula is C24H17ClF2N2O3. The molecule has 4 rings (SSSR count). The number of nitrogens with zero attached hydrogens (tertiary/aromatic N) is 1. The third-order valence-electron chi connectivity index (χ3n) is 4.84. The van der Waals surface area contributed by atoms with Crippen LogP contribution in [0.1, 0.15) is 11.1 Å². The molecule has 3 aromatic rings. The summed E-state index contributed by atoms with van der Waals surface area (Å²) in [4.78, 5) is 26.2. The summed E-state index contributed by atoms with van der Waals surface area (Å²) in [5, 5.41) is 2.91. The van der Waals surface area contributed by atoms with Gasteiger partial charge in [0.25, 0.3) is 5.91 Å². The second-order valence-corrected chi connectivity index (χ2v) is 7.43. The van der Waals surface area contributed by atoms with Crippen LogP contribution < -0.4 is 15.0 Å². The second kappa shape index (κ2) is 9.20. The molecule has 162 valence electrons. The van der Waals surface area contributed by atoms with Crippen molar-refractivity contribution in [1.82, 2.24) is 0 Å². The van der Waals surface area contributed by atoms with E-state index in [-0.39, 0.29) is 35.5 Å². The van der Waals surface area contributed by atoms with Gasteiger partial charge < -0.3 is 15.0 Å². The van der Waals surface area contributed by atoms with Gasteiger partial charge in [-0.15, -0.1) is 0 Å². The maximum atomic E-state index is 14.3. The van der Waals surface area contributed by atoms with E-state index in [0.29, 0.717) is 22.7 Å². The molecule has 1 aliphatic heterocycles. The summed E-state index contributed by atoms with van der Waals surface area (Å²) in [5.41, 5.74) is 1.66. The number of ether oxygens (including phenoxy) is 1. The first kappa shape index (κ1) is 21.5. The van der Waals surface area contributed by atoms with Crippen LogP contribution in [0.3, 0.4) is 0 Å². The predicted molar refractivity (Wildman–Crippen MR) is 119 cm³/mol. The van der Waals surface area contributed by atoms with Crippen LogP contribution in [0.15, 0.2) is 66.7 Å². The van der Waals surface area contributed by atoms with Gasteiger partial charge in [0, 0.05) is 22.3 Å². The van der Waals surface area contributed by atoms with Crippen LogP contribution in [0.25, 0.3) is 6.08 Å². The number of nitrogens with one attached hydrogen (secondary N) is 1. The van der Waals surface area contributed by atoms with Gasteiger partial charge in [-0.1, -0.05) is 29.8 Å². The van der Waals surface area contributed by atoms with Gasteiger partial charge in [-0.25, -0.2) is 8.78 Å². The Balaban J connectivity index is 1.55. The Morgan fingerprint density at radius 3 is 2.66 bits per heavy atom. The summed E-state index contributed by atoms with van der Waals surface area (Å²) in [6, 6.07) is 14.8. The van der Waals surface area contributed by atoms with Crippen LogP contribution >= 0.6 is 11.6 Å². The van der Waals surface area contributed by atoms with Crippen molar-refractivity contribution < 1.29 is 23.1 Å². The van der Waals surface area contributed by atoms with Crippen molar-refractivity contribution in [3.8, 4) is 5.75 Å². The second-order valence-electron chi connectivity index (χ2n) is 7.03. The van der Waals surface area contributed by atoms with Crippen LogP contribution in [0.2, 0.25) is 5.02 Å². The maximum absolute atomic E-state index is 14.3. The summed E-state index contributed by atoms with van der Waals surface area (Å²) in [5.74, 6) is -1.23. The first-order chi connectivity index (χ1) is 15.4. The zero-order valence-corrected chi connectivity index (χ0v) is 17.4. The number of carbonyl (C=O) groups excluding carboxylic acids is 2. The number of carbonyl (C=O) groups is 2. The summed E-state index contributed by atoms with van der Waals surface area (Å²) >= 11 is 6.12. The van der Waals surface area contributed by atoms with E-state index in [2.05, 4.69) is 5.32 Å². The molecule has 1 heterocycles. The minimum atomic E-state index is -0.520. The third kappa shape index (κ3) is 4.78. The van der Waals surface area contributed by atoms with E-state index in [9.17, 15) is 18.4 Å². The van der Waals surface area contributed by atoms with E-state index in [1.165, 1.54) is 35.2 Å². The fraction of sp³-hybridized carbons (Fsp3) is 0.0833. The molecule has 0 radical (unpaired) electrons. The number of fused-ring (bicyclic) bond motifs is 1. The molecule has 0 aliphatic carbocycles. The molecule has 3 aromatic carbocycles. The Labute approximate surface area is 187 Å². The lowest BCUT2D eigenvalue weighted by Gasteiger charge is -2.30. The third-order valence-corrected chi connectivity index (χ3v) is 5.20. The van der Waals surface area contributed by atoms with Gasteiger partial charge in [-0.3, -0.25) is 9.59 Å². The molecule has 32 heavy (non-hydrogen) atoms. The average Bonchev–Trinajstić information content (AvgIpc) is 2.77. The normalized spacial score (nSPS) is 13.1. The number of benzene rings is 3. The molecule has 8 heteroatoms. The quantitative estimate of drug-likeness (QED) is 0.539.